The summed E-state index contributed by atoms with van der Waals surface area (Å²) in [5.74, 6) is -0.209. The topological polar surface area (TPSA) is 114 Å². The second-order valence-electron chi connectivity index (χ2n) is 11.2. The smallest absolute Gasteiger partial charge is 0.393 e. The van der Waals surface area contributed by atoms with Crippen LogP contribution in [0, 0.1) is 0 Å². The lowest BCUT2D eigenvalue weighted by atomic mass is 9.95. The Morgan fingerprint density at radius 1 is 1.00 bits per heavy atom. The molecule has 2 fully saturated rings. The van der Waals surface area contributed by atoms with Crippen molar-refractivity contribution in [1.29, 1.82) is 0 Å². The summed E-state index contributed by atoms with van der Waals surface area (Å²) in [6, 6.07) is 18.4. The van der Waals surface area contributed by atoms with Crippen LogP contribution in [0.15, 0.2) is 60.7 Å². The van der Waals surface area contributed by atoms with Gasteiger partial charge < -0.3 is 30.0 Å². The van der Waals surface area contributed by atoms with Gasteiger partial charge in [0.05, 0.1) is 18.7 Å². The standard InChI is InChI=1S/C32H41N5O5/c1-36-27-13-6-5-12-25(27)23-28(36)42-31(40)35-32(14-7-8-15-32)30(39)34-26(22-24-10-3-2-4-11-24)29(38)33-16-9-17-37-18-20-41-21-19-37/h2-6,10-13,23,26H,7-9,14-22H2,1H3,(H,33,38)(H,34,39)(H,35,40). The van der Waals surface area contributed by atoms with Crippen LogP contribution in [0.2, 0.25) is 0 Å². The van der Waals surface area contributed by atoms with Crippen LogP contribution in [0.1, 0.15) is 37.7 Å². The van der Waals surface area contributed by atoms with Gasteiger partial charge >= 0.3 is 6.09 Å². The Hall–Kier alpha value is -3.89. The fourth-order valence-electron chi connectivity index (χ4n) is 5.88. The van der Waals surface area contributed by atoms with Crippen molar-refractivity contribution in [1.82, 2.24) is 25.4 Å². The minimum absolute atomic E-state index is 0.236. The third kappa shape index (κ3) is 7.30. The van der Waals surface area contributed by atoms with Crippen molar-refractivity contribution in [2.75, 3.05) is 39.4 Å². The maximum Gasteiger partial charge on any atom is 0.414 e. The molecular formula is C32H41N5O5. The normalized spacial score (nSPS) is 17.5. The second kappa shape index (κ2) is 13.8. The zero-order valence-corrected chi connectivity index (χ0v) is 24.3. The van der Waals surface area contributed by atoms with Gasteiger partial charge in [-0.05, 0) is 37.4 Å². The van der Waals surface area contributed by atoms with Gasteiger partial charge in [-0.15, -0.1) is 0 Å². The van der Waals surface area contributed by atoms with E-state index in [2.05, 4.69) is 20.9 Å². The fourth-order valence-corrected chi connectivity index (χ4v) is 5.88. The highest BCUT2D eigenvalue weighted by atomic mass is 16.6. The number of rotatable bonds is 11. The Morgan fingerprint density at radius 2 is 1.71 bits per heavy atom. The Morgan fingerprint density at radius 3 is 2.45 bits per heavy atom. The SMILES string of the molecule is Cn1c(OC(=O)NC2(C(=O)NC(Cc3ccccc3)C(=O)NCCCN3CCOCC3)CCCC2)cc2ccccc21. The summed E-state index contributed by atoms with van der Waals surface area (Å²) < 4.78 is 12.9. The third-order valence-corrected chi connectivity index (χ3v) is 8.30. The summed E-state index contributed by atoms with van der Waals surface area (Å²) in [5, 5.41) is 9.83. The molecular weight excluding hydrogens is 534 g/mol. The molecule has 1 aromatic heterocycles. The van der Waals surface area contributed by atoms with Crippen LogP contribution in [0.3, 0.4) is 0 Å². The summed E-state index contributed by atoms with van der Waals surface area (Å²) in [6.45, 7) is 4.67. The first kappa shape index (κ1) is 29.6. The monoisotopic (exact) mass is 575 g/mol. The van der Waals surface area contributed by atoms with Crippen molar-refractivity contribution in [3.63, 3.8) is 0 Å². The molecule has 2 heterocycles. The van der Waals surface area contributed by atoms with Crippen LogP contribution in [-0.2, 0) is 27.8 Å². The van der Waals surface area contributed by atoms with Crippen LogP contribution in [-0.4, -0.2) is 78.3 Å². The van der Waals surface area contributed by atoms with Gasteiger partial charge in [0.1, 0.15) is 11.6 Å². The molecule has 224 valence electrons. The number of amides is 3. The molecule has 5 rings (SSSR count). The maximum atomic E-state index is 13.8. The Bertz CT molecular complexity index is 1360. The summed E-state index contributed by atoms with van der Waals surface area (Å²) in [4.78, 5) is 42.6. The predicted molar refractivity (Wildman–Crippen MR) is 160 cm³/mol. The number of aryl methyl sites for hydroxylation is 1. The molecule has 42 heavy (non-hydrogen) atoms. The first-order chi connectivity index (χ1) is 20.4. The number of hydrogen-bond donors (Lipinski definition) is 3. The third-order valence-electron chi connectivity index (χ3n) is 8.30. The molecule has 3 N–H and O–H groups in total. The molecule has 0 spiro atoms. The highest BCUT2D eigenvalue weighted by Gasteiger charge is 2.44. The number of ether oxygens (including phenoxy) is 2. The van der Waals surface area contributed by atoms with E-state index < -0.39 is 17.7 Å². The number of aromatic nitrogens is 1. The van der Waals surface area contributed by atoms with Gasteiger partial charge in [-0.25, -0.2) is 4.79 Å². The van der Waals surface area contributed by atoms with Gasteiger partial charge in [0, 0.05) is 44.6 Å². The molecule has 2 aliphatic rings. The van der Waals surface area contributed by atoms with Crippen molar-refractivity contribution in [2.24, 2.45) is 7.05 Å². The Labute approximate surface area is 246 Å². The number of carbonyl (C=O) groups is 3. The number of morpholine rings is 1. The molecule has 1 saturated heterocycles. The zero-order valence-electron chi connectivity index (χ0n) is 24.3. The van der Waals surface area contributed by atoms with Gasteiger partial charge in [0.15, 0.2) is 0 Å². The first-order valence-corrected chi connectivity index (χ1v) is 14.9. The van der Waals surface area contributed by atoms with Crippen LogP contribution in [0.25, 0.3) is 10.9 Å². The van der Waals surface area contributed by atoms with Gasteiger partial charge in [0.2, 0.25) is 17.7 Å². The molecule has 2 aromatic carbocycles. The first-order valence-electron chi connectivity index (χ1n) is 14.9. The number of para-hydroxylation sites is 1. The summed E-state index contributed by atoms with van der Waals surface area (Å²) in [7, 11) is 1.83. The van der Waals surface area contributed by atoms with E-state index in [0.717, 1.165) is 68.6 Å². The van der Waals surface area contributed by atoms with E-state index in [9.17, 15) is 14.4 Å². The van der Waals surface area contributed by atoms with Crippen LogP contribution in [0.5, 0.6) is 5.88 Å². The molecule has 10 heteroatoms. The molecule has 0 bridgehead atoms. The minimum atomic E-state index is -1.15. The summed E-state index contributed by atoms with van der Waals surface area (Å²) >= 11 is 0. The van der Waals surface area contributed by atoms with Gasteiger partial charge in [-0.1, -0.05) is 61.4 Å². The highest BCUT2D eigenvalue weighted by molar-refractivity contribution is 5.94. The number of nitrogens with zero attached hydrogens (tertiary/aromatic N) is 2. The van der Waals surface area contributed by atoms with Crippen molar-refractivity contribution in [3.8, 4) is 5.88 Å². The second-order valence-corrected chi connectivity index (χ2v) is 11.2. The van der Waals surface area contributed by atoms with Crippen LogP contribution in [0.4, 0.5) is 4.79 Å². The highest BCUT2D eigenvalue weighted by Crippen LogP contribution is 2.31. The Kier molecular flexibility index (Phi) is 9.76. The minimum Gasteiger partial charge on any atom is -0.393 e. The maximum absolute atomic E-state index is 13.8. The molecule has 1 saturated carbocycles. The number of hydrogen-bond acceptors (Lipinski definition) is 6. The van der Waals surface area contributed by atoms with E-state index in [1.807, 2.05) is 61.6 Å². The molecule has 1 unspecified atom stereocenters. The van der Waals surface area contributed by atoms with E-state index in [-0.39, 0.29) is 11.8 Å². The van der Waals surface area contributed by atoms with Crippen molar-refractivity contribution in [3.05, 3.63) is 66.2 Å². The zero-order chi connectivity index (χ0) is 29.4. The number of carbonyl (C=O) groups excluding carboxylic acids is 3. The fraction of sp³-hybridized carbons (Fsp3) is 0.469. The predicted octanol–water partition coefficient (Wildman–Crippen LogP) is 3.15. The number of nitrogens with one attached hydrogen (secondary N) is 3. The van der Waals surface area contributed by atoms with E-state index in [1.165, 1.54) is 0 Å². The summed E-state index contributed by atoms with van der Waals surface area (Å²) in [5.41, 5.74) is 0.732. The van der Waals surface area contributed by atoms with E-state index >= 15 is 0 Å². The van der Waals surface area contributed by atoms with E-state index in [0.29, 0.717) is 31.7 Å². The lowest BCUT2D eigenvalue weighted by Gasteiger charge is -2.31. The molecule has 1 aliphatic carbocycles. The van der Waals surface area contributed by atoms with E-state index in [4.69, 9.17) is 9.47 Å². The molecule has 0 radical (unpaired) electrons. The Balaban J connectivity index is 1.23. The molecule has 1 aliphatic heterocycles. The molecule has 3 aromatic rings. The van der Waals surface area contributed by atoms with E-state index in [1.54, 1.807) is 10.6 Å². The summed E-state index contributed by atoms with van der Waals surface area (Å²) in [6.07, 6.45) is 2.99. The average Bonchev–Trinajstić information content (AvgIpc) is 3.61. The van der Waals surface area contributed by atoms with Crippen molar-refractivity contribution in [2.45, 2.75) is 50.1 Å². The quantitative estimate of drug-likeness (QED) is 0.303. The molecule has 3 amide bonds. The largest absolute Gasteiger partial charge is 0.414 e. The number of benzene rings is 2. The van der Waals surface area contributed by atoms with Crippen molar-refractivity contribution >= 4 is 28.8 Å². The average molecular weight is 576 g/mol. The van der Waals surface area contributed by atoms with Gasteiger partial charge in [-0.3, -0.25) is 14.5 Å². The molecule has 10 nitrogen and oxygen atoms in total. The van der Waals surface area contributed by atoms with Crippen LogP contribution >= 0.6 is 0 Å². The van der Waals surface area contributed by atoms with Gasteiger partial charge in [-0.2, -0.15) is 0 Å². The van der Waals surface area contributed by atoms with Crippen LogP contribution < -0.4 is 20.7 Å². The van der Waals surface area contributed by atoms with Crippen molar-refractivity contribution < 1.29 is 23.9 Å². The van der Waals surface area contributed by atoms with Gasteiger partial charge in [0.25, 0.3) is 0 Å². The molecule has 1 atom stereocenters. The lowest BCUT2D eigenvalue weighted by Crippen LogP contribution is -2.61. The lowest BCUT2D eigenvalue weighted by molar-refractivity contribution is -0.132. The number of fused-ring (bicyclic) bond motifs is 1.